The number of amides is 1. The van der Waals surface area contributed by atoms with Crippen LogP contribution in [0.4, 0.5) is 5.82 Å². The predicted molar refractivity (Wildman–Crippen MR) is 102 cm³/mol. The standard InChI is InChI=1S/C17H26N4O.2ClH/c1-12(2)20-16-15(4-3-7-19-16)17(22)21-8-5-13-10-18-11-14(13)6-9-21;;/h3-4,7,12-14,18H,5-6,8-11H2,1-2H3,(H,19,20);2*1H/t13-,14+;;. The molecule has 0 aliphatic carbocycles. The molecule has 0 spiro atoms. The second-order valence-electron chi connectivity index (χ2n) is 6.75. The fourth-order valence-electron chi connectivity index (χ4n) is 3.56. The van der Waals surface area contributed by atoms with Crippen molar-refractivity contribution in [2.45, 2.75) is 32.7 Å². The van der Waals surface area contributed by atoms with E-state index in [0.717, 1.165) is 50.9 Å². The Kier molecular flexibility index (Phi) is 8.27. The fourth-order valence-corrected chi connectivity index (χ4v) is 3.56. The third kappa shape index (κ3) is 4.74. The van der Waals surface area contributed by atoms with Crippen LogP contribution in [0.15, 0.2) is 18.3 Å². The summed E-state index contributed by atoms with van der Waals surface area (Å²) in [6.07, 6.45) is 3.95. The first-order chi connectivity index (χ1) is 10.6. The van der Waals surface area contributed by atoms with Crippen molar-refractivity contribution in [1.29, 1.82) is 0 Å². The van der Waals surface area contributed by atoms with Crippen molar-refractivity contribution in [3.63, 3.8) is 0 Å². The largest absolute Gasteiger partial charge is 0.367 e. The highest BCUT2D eigenvalue weighted by Crippen LogP contribution is 2.28. The Bertz CT molecular complexity index is 527. The van der Waals surface area contributed by atoms with Crippen LogP contribution < -0.4 is 10.6 Å². The molecule has 0 bridgehead atoms. The van der Waals surface area contributed by atoms with E-state index in [1.807, 2.05) is 17.0 Å². The number of hydrogen-bond donors (Lipinski definition) is 2. The number of carbonyl (C=O) groups excluding carboxylic acids is 1. The lowest BCUT2D eigenvalue weighted by Gasteiger charge is -2.22. The minimum atomic E-state index is 0. The Labute approximate surface area is 156 Å². The number of nitrogens with one attached hydrogen (secondary N) is 2. The fraction of sp³-hybridized carbons (Fsp3) is 0.647. The summed E-state index contributed by atoms with van der Waals surface area (Å²) in [4.78, 5) is 19.3. The van der Waals surface area contributed by atoms with Crippen molar-refractivity contribution in [2.24, 2.45) is 11.8 Å². The minimum absolute atomic E-state index is 0. The number of pyridine rings is 1. The van der Waals surface area contributed by atoms with E-state index in [-0.39, 0.29) is 36.8 Å². The van der Waals surface area contributed by atoms with Gasteiger partial charge in [-0.2, -0.15) is 0 Å². The second-order valence-corrected chi connectivity index (χ2v) is 6.75. The summed E-state index contributed by atoms with van der Waals surface area (Å²) in [5, 5.41) is 6.76. The number of anilines is 1. The quantitative estimate of drug-likeness (QED) is 0.853. The van der Waals surface area contributed by atoms with Crippen LogP contribution >= 0.6 is 24.8 Å². The van der Waals surface area contributed by atoms with Gasteiger partial charge in [0.2, 0.25) is 0 Å². The number of aromatic nitrogens is 1. The maximum absolute atomic E-state index is 12.9. The van der Waals surface area contributed by atoms with E-state index in [9.17, 15) is 4.79 Å². The topological polar surface area (TPSA) is 57.3 Å². The van der Waals surface area contributed by atoms with E-state index in [0.29, 0.717) is 11.4 Å². The van der Waals surface area contributed by atoms with E-state index in [1.165, 1.54) is 0 Å². The van der Waals surface area contributed by atoms with Crippen LogP contribution in [0.2, 0.25) is 0 Å². The van der Waals surface area contributed by atoms with Gasteiger partial charge in [0, 0.05) is 25.3 Å². The number of likely N-dealkylation sites (tertiary alicyclic amines) is 1. The van der Waals surface area contributed by atoms with E-state index in [1.54, 1.807) is 6.20 Å². The summed E-state index contributed by atoms with van der Waals surface area (Å²) >= 11 is 0. The molecule has 0 unspecified atom stereocenters. The number of carbonyl (C=O) groups is 1. The molecule has 3 rings (SSSR count). The molecule has 1 aromatic rings. The zero-order valence-corrected chi connectivity index (χ0v) is 16.0. The van der Waals surface area contributed by atoms with Crippen molar-refractivity contribution in [3.05, 3.63) is 23.9 Å². The highest BCUT2D eigenvalue weighted by atomic mass is 35.5. The third-order valence-electron chi connectivity index (χ3n) is 4.77. The van der Waals surface area contributed by atoms with Gasteiger partial charge in [-0.15, -0.1) is 24.8 Å². The highest BCUT2D eigenvalue weighted by Gasteiger charge is 2.32. The van der Waals surface area contributed by atoms with Gasteiger partial charge in [0.15, 0.2) is 0 Å². The molecule has 3 heterocycles. The zero-order valence-electron chi connectivity index (χ0n) is 14.3. The molecule has 2 aliphatic heterocycles. The van der Waals surface area contributed by atoms with Gasteiger partial charge < -0.3 is 15.5 Å². The van der Waals surface area contributed by atoms with E-state index in [2.05, 4.69) is 29.5 Å². The van der Waals surface area contributed by atoms with Crippen LogP contribution in [0, 0.1) is 11.8 Å². The van der Waals surface area contributed by atoms with E-state index in [4.69, 9.17) is 0 Å². The van der Waals surface area contributed by atoms with Gasteiger partial charge in [0.1, 0.15) is 5.82 Å². The van der Waals surface area contributed by atoms with Gasteiger partial charge in [-0.05, 0) is 63.7 Å². The number of fused-ring (bicyclic) bond motifs is 1. The molecule has 24 heavy (non-hydrogen) atoms. The average molecular weight is 375 g/mol. The zero-order chi connectivity index (χ0) is 15.5. The summed E-state index contributed by atoms with van der Waals surface area (Å²) < 4.78 is 0. The van der Waals surface area contributed by atoms with Gasteiger partial charge in [-0.3, -0.25) is 4.79 Å². The monoisotopic (exact) mass is 374 g/mol. The molecular weight excluding hydrogens is 347 g/mol. The van der Waals surface area contributed by atoms with Crippen LogP contribution in [0.3, 0.4) is 0 Å². The molecule has 0 radical (unpaired) electrons. The summed E-state index contributed by atoms with van der Waals surface area (Å²) in [7, 11) is 0. The lowest BCUT2D eigenvalue weighted by molar-refractivity contribution is 0.0759. The molecule has 1 amide bonds. The molecule has 0 saturated carbocycles. The number of hydrogen-bond acceptors (Lipinski definition) is 4. The molecule has 2 N–H and O–H groups in total. The Hall–Kier alpha value is -1.04. The number of nitrogens with zero attached hydrogens (tertiary/aromatic N) is 2. The van der Waals surface area contributed by atoms with Crippen LogP contribution in [-0.2, 0) is 0 Å². The molecule has 2 aliphatic rings. The lowest BCUT2D eigenvalue weighted by Crippen LogP contribution is -2.33. The van der Waals surface area contributed by atoms with Crippen LogP contribution in [0.5, 0.6) is 0 Å². The Morgan fingerprint density at radius 2 is 1.88 bits per heavy atom. The molecular formula is C17H28Cl2N4O. The molecule has 0 aromatic carbocycles. The first kappa shape index (κ1) is 21.0. The molecule has 5 nitrogen and oxygen atoms in total. The average Bonchev–Trinajstić information content (AvgIpc) is 2.85. The molecule has 136 valence electrons. The van der Waals surface area contributed by atoms with Gasteiger partial charge in [0.25, 0.3) is 5.91 Å². The first-order valence-electron chi connectivity index (χ1n) is 8.36. The van der Waals surface area contributed by atoms with Crippen molar-refractivity contribution in [1.82, 2.24) is 15.2 Å². The number of rotatable bonds is 3. The SMILES string of the molecule is CC(C)Nc1ncccc1C(=O)N1CC[C@@H]2CNC[C@@H]2CC1.Cl.Cl. The van der Waals surface area contributed by atoms with Crippen molar-refractivity contribution < 1.29 is 4.79 Å². The Morgan fingerprint density at radius 3 is 2.46 bits per heavy atom. The van der Waals surface area contributed by atoms with Gasteiger partial charge in [-0.1, -0.05) is 0 Å². The summed E-state index contributed by atoms with van der Waals surface area (Å²) in [6, 6.07) is 3.98. The molecule has 2 saturated heterocycles. The maximum atomic E-state index is 12.9. The Morgan fingerprint density at radius 1 is 1.25 bits per heavy atom. The number of halogens is 2. The summed E-state index contributed by atoms with van der Waals surface area (Å²) in [6.45, 7) is 8.06. The minimum Gasteiger partial charge on any atom is -0.367 e. The summed E-state index contributed by atoms with van der Waals surface area (Å²) in [5.41, 5.74) is 0.696. The molecule has 7 heteroatoms. The van der Waals surface area contributed by atoms with E-state index >= 15 is 0 Å². The van der Waals surface area contributed by atoms with Crippen LogP contribution in [-0.4, -0.2) is 48.0 Å². The van der Waals surface area contributed by atoms with E-state index < -0.39 is 0 Å². The normalized spacial score (nSPS) is 22.9. The highest BCUT2D eigenvalue weighted by molar-refractivity contribution is 5.98. The van der Waals surface area contributed by atoms with Gasteiger partial charge in [-0.25, -0.2) is 4.98 Å². The lowest BCUT2D eigenvalue weighted by atomic mass is 9.92. The predicted octanol–water partition coefficient (Wildman–Crippen LogP) is 2.82. The second kappa shape index (κ2) is 9.44. The maximum Gasteiger partial charge on any atom is 0.257 e. The molecule has 1 aromatic heterocycles. The summed E-state index contributed by atoms with van der Waals surface area (Å²) in [5.74, 6) is 2.29. The van der Waals surface area contributed by atoms with Crippen LogP contribution in [0.25, 0.3) is 0 Å². The smallest absolute Gasteiger partial charge is 0.257 e. The van der Waals surface area contributed by atoms with Gasteiger partial charge >= 0.3 is 0 Å². The first-order valence-corrected chi connectivity index (χ1v) is 8.36. The van der Waals surface area contributed by atoms with Crippen LogP contribution in [0.1, 0.15) is 37.0 Å². The molecule has 2 fully saturated rings. The van der Waals surface area contributed by atoms with Crippen molar-refractivity contribution >= 4 is 36.5 Å². The van der Waals surface area contributed by atoms with Crippen molar-refractivity contribution in [2.75, 3.05) is 31.5 Å². The van der Waals surface area contributed by atoms with Gasteiger partial charge in [0.05, 0.1) is 5.56 Å². The Balaban J connectivity index is 0.00000144. The molecule has 2 atom stereocenters. The third-order valence-corrected chi connectivity index (χ3v) is 4.77. The van der Waals surface area contributed by atoms with Crippen molar-refractivity contribution in [3.8, 4) is 0 Å².